The van der Waals surface area contributed by atoms with Gasteiger partial charge in [-0.2, -0.15) is 0 Å². The molecule has 102 valence electrons. The molecule has 0 aliphatic heterocycles. The highest BCUT2D eigenvalue weighted by atomic mass is 16.1. The van der Waals surface area contributed by atoms with Gasteiger partial charge in [0.2, 0.25) is 0 Å². The first-order valence-electron chi connectivity index (χ1n) is 7.50. The predicted molar refractivity (Wildman–Crippen MR) is 82.3 cm³/mol. The van der Waals surface area contributed by atoms with Crippen molar-refractivity contribution in [3.63, 3.8) is 0 Å². The number of carbonyl (C=O) groups excluding carboxylic acids is 1. The fourth-order valence-electron chi connectivity index (χ4n) is 3.16. The zero-order valence-corrected chi connectivity index (χ0v) is 11.9. The molecule has 1 aliphatic rings. The molecule has 1 unspecified atom stereocenters. The van der Waals surface area contributed by atoms with Crippen LogP contribution in [0.5, 0.6) is 0 Å². The quantitative estimate of drug-likeness (QED) is 0.740. The summed E-state index contributed by atoms with van der Waals surface area (Å²) in [5, 5.41) is 0. The topological polar surface area (TPSA) is 17.1 Å². The SMILES string of the molecule is CCCc1ccc(C(=O)C2CCc3ccccc32)cc1. The van der Waals surface area contributed by atoms with E-state index in [0.717, 1.165) is 31.2 Å². The van der Waals surface area contributed by atoms with E-state index in [1.54, 1.807) is 0 Å². The number of carbonyl (C=O) groups is 1. The van der Waals surface area contributed by atoms with Gasteiger partial charge in [-0.1, -0.05) is 61.9 Å². The van der Waals surface area contributed by atoms with E-state index in [2.05, 4.69) is 37.3 Å². The second kappa shape index (κ2) is 5.62. The molecule has 1 aliphatic carbocycles. The van der Waals surface area contributed by atoms with E-state index in [1.165, 1.54) is 16.7 Å². The van der Waals surface area contributed by atoms with Gasteiger partial charge in [-0.15, -0.1) is 0 Å². The zero-order valence-electron chi connectivity index (χ0n) is 11.9. The van der Waals surface area contributed by atoms with Crippen LogP contribution in [-0.2, 0) is 12.8 Å². The van der Waals surface area contributed by atoms with Crippen molar-refractivity contribution in [3.8, 4) is 0 Å². The molecular weight excluding hydrogens is 244 g/mol. The number of fused-ring (bicyclic) bond motifs is 1. The molecule has 2 aromatic carbocycles. The first-order valence-corrected chi connectivity index (χ1v) is 7.50. The molecule has 0 amide bonds. The standard InChI is InChI=1S/C19H20O/c1-2-5-14-8-10-16(11-9-14)19(20)18-13-12-15-6-3-4-7-17(15)18/h3-4,6-11,18H,2,5,12-13H2,1H3. The molecule has 0 spiro atoms. The molecule has 1 heteroatoms. The Morgan fingerprint density at radius 3 is 2.60 bits per heavy atom. The molecular formula is C19H20O. The largest absolute Gasteiger partial charge is 0.293 e. The lowest BCUT2D eigenvalue weighted by molar-refractivity contribution is 0.0959. The summed E-state index contributed by atoms with van der Waals surface area (Å²) < 4.78 is 0. The molecule has 1 atom stereocenters. The van der Waals surface area contributed by atoms with Gasteiger partial charge >= 0.3 is 0 Å². The monoisotopic (exact) mass is 264 g/mol. The average Bonchev–Trinajstić information content (AvgIpc) is 2.92. The van der Waals surface area contributed by atoms with Crippen LogP contribution in [0, 0.1) is 0 Å². The van der Waals surface area contributed by atoms with E-state index < -0.39 is 0 Å². The summed E-state index contributed by atoms with van der Waals surface area (Å²) in [4.78, 5) is 12.7. The minimum absolute atomic E-state index is 0.0585. The van der Waals surface area contributed by atoms with E-state index in [0.29, 0.717) is 0 Å². The maximum Gasteiger partial charge on any atom is 0.170 e. The van der Waals surface area contributed by atoms with Crippen LogP contribution in [0.2, 0.25) is 0 Å². The Morgan fingerprint density at radius 1 is 1.10 bits per heavy atom. The molecule has 3 rings (SSSR count). The van der Waals surface area contributed by atoms with Crippen molar-refractivity contribution in [3.05, 3.63) is 70.8 Å². The van der Waals surface area contributed by atoms with Gasteiger partial charge in [0.25, 0.3) is 0 Å². The highest BCUT2D eigenvalue weighted by Crippen LogP contribution is 2.35. The first-order chi connectivity index (χ1) is 9.79. The van der Waals surface area contributed by atoms with Gasteiger partial charge in [0.15, 0.2) is 5.78 Å². The Balaban J connectivity index is 1.83. The Labute approximate surface area is 120 Å². The minimum atomic E-state index is 0.0585. The van der Waals surface area contributed by atoms with Crippen molar-refractivity contribution in [2.75, 3.05) is 0 Å². The number of Topliss-reactive ketones (excluding diaryl/α,β-unsaturated/α-hetero) is 1. The number of hydrogen-bond acceptors (Lipinski definition) is 1. The fourth-order valence-corrected chi connectivity index (χ4v) is 3.16. The number of hydrogen-bond donors (Lipinski definition) is 0. The minimum Gasteiger partial charge on any atom is -0.293 e. The van der Waals surface area contributed by atoms with Gasteiger partial charge in [0.1, 0.15) is 0 Å². The van der Waals surface area contributed by atoms with E-state index in [1.807, 2.05) is 18.2 Å². The lowest BCUT2D eigenvalue weighted by Gasteiger charge is -2.11. The molecule has 0 fully saturated rings. The number of aryl methyl sites for hydroxylation is 2. The summed E-state index contributed by atoms with van der Waals surface area (Å²) in [5.74, 6) is 0.334. The van der Waals surface area contributed by atoms with Gasteiger partial charge in [0.05, 0.1) is 0 Å². The first kappa shape index (κ1) is 13.1. The molecule has 0 radical (unpaired) electrons. The number of benzene rings is 2. The maximum atomic E-state index is 12.7. The molecule has 0 heterocycles. The second-order valence-corrected chi connectivity index (χ2v) is 5.60. The summed E-state index contributed by atoms with van der Waals surface area (Å²) in [6.07, 6.45) is 4.21. The smallest absolute Gasteiger partial charge is 0.170 e. The van der Waals surface area contributed by atoms with Gasteiger partial charge in [0, 0.05) is 11.5 Å². The van der Waals surface area contributed by atoms with Gasteiger partial charge in [-0.05, 0) is 36.0 Å². The molecule has 0 bridgehead atoms. The molecule has 0 saturated heterocycles. The fraction of sp³-hybridized carbons (Fsp3) is 0.316. The van der Waals surface area contributed by atoms with Crippen molar-refractivity contribution < 1.29 is 4.79 Å². The van der Waals surface area contributed by atoms with Crippen molar-refractivity contribution >= 4 is 5.78 Å². The number of rotatable bonds is 4. The lowest BCUT2D eigenvalue weighted by atomic mass is 9.91. The Morgan fingerprint density at radius 2 is 1.85 bits per heavy atom. The van der Waals surface area contributed by atoms with Crippen LogP contribution in [0.25, 0.3) is 0 Å². The molecule has 0 aromatic heterocycles. The zero-order chi connectivity index (χ0) is 13.9. The van der Waals surface area contributed by atoms with Crippen LogP contribution in [0.3, 0.4) is 0 Å². The summed E-state index contributed by atoms with van der Waals surface area (Å²) >= 11 is 0. The third-order valence-corrected chi connectivity index (χ3v) is 4.23. The van der Waals surface area contributed by atoms with Crippen molar-refractivity contribution in [2.45, 2.75) is 38.5 Å². The van der Waals surface area contributed by atoms with Gasteiger partial charge in [-0.25, -0.2) is 0 Å². The predicted octanol–water partition coefficient (Wildman–Crippen LogP) is 4.55. The Bertz CT molecular complexity index is 610. The summed E-state index contributed by atoms with van der Waals surface area (Å²) in [6, 6.07) is 16.5. The van der Waals surface area contributed by atoms with Crippen LogP contribution < -0.4 is 0 Å². The third kappa shape index (κ3) is 2.40. The second-order valence-electron chi connectivity index (χ2n) is 5.60. The normalized spacial score (nSPS) is 16.9. The molecule has 0 saturated carbocycles. The summed E-state index contributed by atoms with van der Waals surface area (Å²) in [5.41, 5.74) is 4.74. The highest BCUT2D eigenvalue weighted by Gasteiger charge is 2.28. The van der Waals surface area contributed by atoms with Crippen LogP contribution in [0.1, 0.15) is 52.7 Å². The van der Waals surface area contributed by atoms with Crippen molar-refractivity contribution in [2.24, 2.45) is 0 Å². The van der Waals surface area contributed by atoms with E-state index >= 15 is 0 Å². The van der Waals surface area contributed by atoms with E-state index in [4.69, 9.17) is 0 Å². The van der Waals surface area contributed by atoms with Crippen LogP contribution in [-0.4, -0.2) is 5.78 Å². The highest BCUT2D eigenvalue weighted by molar-refractivity contribution is 6.01. The van der Waals surface area contributed by atoms with Crippen molar-refractivity contribution in [1.29, 1.82) is 0 Å². The Hall–Kier alpha value is -1.89. The van der Waals surface area contributed by atoms with Gasteiger partial charge < -0.3 is 0 Å². The molecule has 1 nitrogen and oxygen atoms in total. The lowest BCUT2D eigenvalue weighted by Crippen LogP contribution is -2.10. The molecule has 0 N–H and O–H groups in total. The number of ketones is 1. The van der Waals surface area contributed by atoms with Gasteiger partial charge in [-0.3, -0.25) is 4.79 Å². The van der Waals surface area contributed by atoms with E-state index in [9.17, 15) is 4.79 Å². The van der Waals surface area contributed by atoms with Crippen LogP contribution >= 0.6 is 0 Å². The third-order valence-electron chi connectivity index (χ3n) is 4.23. The molecule has 2 aromatic rings. The summed E-state index contributed by atoms with van der Waals surface area (Å²) in [6.45, 7) is 2.18. The summed E-state index contributed by atoms with van der Waals surface area (Å²) in [7, 11) is 0. The molecule has 20 heavy (non-hydrogen) atoms. The van der Waals surface area contributed by atoms with Crippen LogP contribution in [0.15, 0.2) is 48.5 Å². The maximum absolute atomic E-state index is 12.7. The van der Waals surface area contributed by atoms with Crippen molar-refractivity contribution in [1.82, 2.24) is 0 Å². The van der Waals surface area contributed by atoms with Crippen LogP contribution in [0.4, 0.5) is 0 Å². The average molecular weight is 264 g/mol. The Kier molecular flexibility index (Phi) is 3.68. The van der Waals surface area contributed by atoms with E-state index in [-0.39, 0.29) is 11.7 Å².